The molecule has 1 rings (SSSR count). The van der Waals surface area contributed by atoms with Crippen LogP contribution in [-0.2, 0) is 5.41 Å². The number of nitrogens with one attached hydrogen (secondary N) is 1. The number of hydrogen-bond acceptors (Lipinski definition) is 1. The second-order valence-electron chi connectivity index (χ2n) is 4.14. The van der Waals surface area contributed by atoms with Crippen molar-refractivity contribution in [2.45, 2.75) is 19.3 Å². The molecule has 0 bridgehead atoms. The molecule has 0 aliphatic carbocycles. The summed E-state index contributed by atoms with van der Waals surface area (Å²) in [6, 6.07) is 4.73. The molecule has 16 heavy (non-hydrogen) atoms. The first-order chi connectivity index (χ1) is 7.33. The number of rotatable bonds is 3. The van der Waals surface area contributed by atoms with Crippen molar-refractivity contribution in [2.75, 3.05) is 6.54 Å². The molecular formula is C11H12BrClFNO. The number of benzene rings is 1. The molecule has 0 unspecified atom stereocenters. The summed E-state index contributed by atoms with van der Waals surface area (Å²) in [4.78, 5) is 10.6. The lowest BCUT2D eigenvalue weighted by Crippen LogP contribution is -2.34. The monoisotopic (exact) mass is 307 g/mol. The Bertz CT molecular complexity index is 409. The second kappa shape index (κ2) is 5.15. The van der Waals surface area contributed by atoms with Gasteiger partial charge in [0.15, 0.2) is 0 Å². The summed E-state index contributed by atoms with van der Waals surface area (Å²) in [7, 11) is 0. The van der Waals surface area contributed by atoms with Crippen LogP contribution in [-0.4, -0.2) is 11.9 Å². The highest BCUT2D eigenvalue weighted by Crippen LogP contribution is 2.27. The minimum absolute atomic E-state index is 0.280. The fraction of sp³-hybridized carbons (Fsp3) is 0.364. The van der Waals surface area contributed by atoms with Crippen molar-refractivity contribution in [3.8, 4) is 0 Å². The van der Waals surface area contributed by atoms with Gasteiger partial charge >= 0.3 is 5.37 Å². The van der Waals surface area contributed by atoms with Crippen LogP contribution < -0.4 is 5.32 Å². The minimum atomic E-state index is -0.636. The second-order valence-corrected chi connectivity index (χ2v) is 5.39. The molecule has 88 valence electrons. The lowest BCUT2D eigenvalue weighted by Gasteiger charge is -2.25. The van der Waals surface area contributed by atoms with Crippen LogP contribution in [0, 0.1) is 5.82 Å². The molecule has 0 radical (unpaired) electrons. The standard InChI is InChI=1S/C11H12BrClFNO/c1-11(2,6-15-10(13)16)8-5-7(12)3-4-9(8)14/h3-5H,6H2,1-2H3,(H,15,16). The average Bonchev–Trinajstić information content (AvgIpc) is 2.19. The molecule has 0 saturated heterocycles. The van der Waals surface area contributed by atoms with E-state index >= 15 is 0 Å². The van der Waals surface area contributed by atoms with E-state index in [1.165, 1.54) is 6.07 Å². The van der Waals surface area contributed by atoms with E-state index in [0.717, 1.165) is 4.47 Å². The molecule has 0 aliphatic rings. The molecular weight excluding hydrogens is 296 g/mol. The predicted molar refractivity (Wildman–Crippen MR) is 66.4 cm³/mol. The fourth-order valence-corrected chi connectivity index (χ4v) is 1.83. The maximum absolute atomic E-state index is 13.6. The van der Waals surface area contributed by atoms with Crippen molar-refractivity contribution in [3.05, 3.63) is 34.1 Å². The third-order valence-corrected chi connectivity index (χ3v) is 2.95. The van der Waals surface area contributed by atoms with Gasteiger partial charge in [0.05, 0.1) is 0 Å². The molecule has 1 aromatic rings. The maximum atomic E-state index is 13.6. The smallest absolute Gasteiger partial charge is 0.313 e. The highest BCUT2D eigenvalue weighted by Gasteiger charge is 2.24. The van der Waals surface area contributed by atoms with Gasteiger partial charge in [-0.1, -0.05) is 29.8 Å². The van der Waals surface area contributed by atoms with Crippen LogP contribution in [0.3, 0.4) is 0 Å². The maximum Gasteiger partial charge on any atom is 0.313 e. The first kappa shape index (κ1) is 13.5. The Morgan fingerprint density at radius 2 is 2.19 bits per heavy atom. The number of amides is 1. The normalized spacial score (nSPS) is 11.3. The highest BCUT2D eigenvalue weighted by molar-refractivity contribution is 9.10. The Kier molecular flexibility index (Phi) is 4.33. The van der Waals surface area contributed by atoms with Gasteiger partial charge in [-0.2, -0.15) is 0 Å². The number of carbonyl (C=O) groups is 1. The molecule has 0 spiro atoms. The lowest BCUT2D eigenvalue weighted by atomic mass is 9.84. The third-order valence-electron chi connectivity index (χ3n) is 2.33. The molecule has 0 atom stereocenters. The van der Waals surface area contributed by atoms with Crippen LogP contribution >= 0.6 is 27.5 Å². The van der Waals surface area contributed by atoms with Gasteiger partial charge in [-0.05, 0) is 35.4 Å². The fourth-order valence-electron chi connectivity index (χ4n) is 1.40. The predicted octanol–water partition coefficient (Wildman–Crippen LogP) is 3.81. The summed E-state index contributed by atoms with van der Waals surface area (Å²) < 4.78 is 14.4. The van der Waals surface area contributed by atoms with E-state index in [1.807, 2.05) is 13.8 Å². The molecule has 0 heterocycles. The molecule has 2 nitrogen and oxygen atoms in total. The Morgan fingerprint density at radius 3 is 2.75 bits per heavy atom. The van der Waals surface area contributed by atoms with Crippen LogP contribution in [0.15, 0.2) is 22.7 Å². The van der Waals surface area contributed by atoms with Gasteiger partial charge in [0.2, 0.25) is 0 Å². The van der Waals surface area contributed by atoms with Gasteiger partial charge in [0.1, 0.15) is 5.82 Å². The van der Waals surface area contributed by atoms with E-state index in [1.54, 1.807) is 12.1 Å². The summed E-state index contributed by atoms with van der Waals surface area (Å²) in [5.41, 5.74) is 0.0191. The third kappa shape index (κ3) is 3.46. The zero-order valence-electron chi connectivity index (χ0n) is 8.98. The minimum Gasteiger partial charge on any atom is -0.342 e. The topological polar surface area (TPSA) is 29.1 Å². The van der Waals surface area contributed by atoms with Gasteiger partial charge in [-0.25, -0.2) is 4.39 Å². The van der Waals surface area contributed by atoms with Gasteiger partial charge in [0, 0.05) is 16.4 Å². The van der Waals surface area contributed by atoms with Gasteiger partial charge in [-0.15, -0.1) is 0 Å². The number of halogens is 3. The van der Waals surface area contributed by atoms with Gasteiger partial charge < -0.3 is 5.32 Å². The van der Waals surface area contributed by atoms with E-state index in [2.05, 4.69) is 21.2 Å². The van der Waals surface area contributed by atoms with E-state index in [4.69, 9.17) is 11.6 Å². The quantitative estimate of drug-likeness (QED) is 0.667. The van der Waals surface area contributed by atoms with Crippen LogP contribution in [0.25, 0.3) is 0 Å². The van der Waals surface area contributed by atoms with Crippen molar-refractivity contribution in [2.24, 2.45) is 0 Å². The zero-order valence-corrected chi connectivity index (χ0v) is 11.3. The van der Waals surface area contributed by atoms with Crippen LogP contribution in [0.1, 0.15) is 19.4 Å². The molecule has 0 fully saturated rings. The molecule has 1 aromatic carbocycles. The molecule has 0 saturated carbocycles. The van der Waals surface area contributed by atoms with Crippen molar-refractivity contribution in [3.63, 3.8) is 0 Å². The lowest BCUT2D eigenvalue weighted by molar-refractivity contribution is 0.257. The van der Waals surface area contributed by atoms with E-state index in [0.29, 0.717) is 5.56 Å². The summed E-state index contributed by atoms with van der Waals surface area (Å²) in [5.74, 6) is -0.294. The summed E-state index contributed by atoms with van der Waals surface area (Å²) in [5, 5.41) is 1.84. The number of hydrogen-bond donors (Lipinski definition) is 1. The van der Waals surface area contributed by atoms with Crippen LogP contribution in [0.5, 0.6) is 0 Å². The van der Waals surface area contributed by atoms with Crippen molar-refractivity contribution < 1.29 is 9.18 Å². The summed E-state index contributed by atoms with van der Waals surface area (Å²) >= 11 is 8.48. The Morgan fingerprint density at radius 1 is 1.56 bits per heavy atom. The average molecular weight is 309 g/mol. The SMILES string of the molecule is CC(C)(CNC(=O)Cl)c1cc(Br)ccc1F. The van der Waals surface area contributed by atoms with Crippen molar-refractivity contribution in [1.29, 1.82) is 0 Å². The number of carbonyl (C=O) groups excluding carboxylic acids is 1. The summed E-state index contributed by atoms with van der Waals surface area (Å²) in [6.45, 7) is 3.96. The van der Waals surface area contributed by atoms with Gasteiger partial charge in [0.25, 0.3) is 0 Å². The molecule has 1 amide bonds. The molecule has 0 aliphatic heterocycles. The Hall–Kier alpha value is -0.610. The highest BCUT2D eigenvalue weighted by atomic mass is 79.9. The van der Waals surface area contributed by atoms with E-state index in [9.17, 15) is 9.18 Å². The van der Waals surface area contributed by atoms with Crippen LogP contribution in [0.4, 0.5) is 9.18 Å². The largest absolute Gasteiger partial charge is 0.342 e. The first-order valence-corrected chi connectivity index (χ1v) is 5.89. The van der Waals surface area contributed by atoms with Crippen molar-refractivity contribution in [1.82, 2.24) is 5.32 Å². The zero-order chi connectivity index (χ0) is 12.3. The summed E-state index contributed by atoms with van der Waals surface area (Å²) in [6.07, 6.45) is 0. The molecule has 0 aromatic heterocycles. The van der Waals surface area contributed by atoms with Gasteiger partial charge in [-0.3, -0.25) is 4.79 Å². The van der Waals surface area contributed by atoms with Crippen LogP contribution in [0.2, 0.25) is 0 Å². The van der Waals surface area contributed by atoms with E-state index < -0.39 is 10.8 Å². The Labute approximate surface area is 107 Å². The van der Waals surface area contributed by atoms with E-state index in [-0.39, 0.29) is 12.4 Å². The molecule has 1 N–H and O–H groups in total. The molecule has 5 heteroatoms. The first-order valence-electron chi connectivity index (χ1n) is 4.72. The Balaban J connectivity index is 2.96. The van der Waals surface area contributed by atoms with Crippen molar-refractivity contribution >= 4 is 32.9 Å².